The van der Waals surface area contributed by atoms with Gasteiger partial charge in [0, 0.05) is 12.3 Å². The van der Waals surface area contributed by atoms with E-state index < -0.39 is 0 Å². The first-order valence-electron chi connectivity index (χ1n) is 8.61. The number of benzene rings is 2. The van der Waals surface area contributed by atoms with Crippen LogP contribution in [0, 0.1) is 6.92 Å². The van der Waals surface area contributed by atoms with Crippen LogP contribution in [0.1, 0.15) is 32.7 Å². The lowest BCUT2D eigenvalue weighted by Gasteiger charge is -2.11. The van der Waals surface area contributed by atoms with Gasteiger partial charge in [0.05, 0.1) is 31.2 Å². The minimum atomic E-state index is -0.338. The number of nitrogens with zero attached hydrogens (tertiary/aromatic N) is 2. The Balaban J connectivity index is 1.72. The van der Waals surface area contributed by atoms with Crippen molar-refractivity contribution in [1.29, 1.82) is 0 Å². The van der Waals surface area contributed by atoms with Gasteiger partial charge in [-0.15, -0.1) is 0 Å². The molecule has 0 aliphatic heterocycles. The topological polar surface area (TPSA) is 64.3 Å². The second-order valence-electron chi connectivity index (χ2n) is 6.24. The first kappa shape index (κ1) is 19.2. The van der Waals surface area contributed by atoms with Crippen LogP contribution in [0.15, 0.2) is 59.9 Å². The predicted molar refractivity (Wildman–Crippen MR) is 106 cm³/mol. The smallest absolute Gasteiger partial charge is 0.337 e. The number of ether oxygens (including phenoxy) is 1. The molecule has 5 nitrogen and oxygen atoms in total. The van der Waals surface area contributed by atoms with Crippen molar-refractivity contribution in [3.8, 4) is 0 Å². The molecule has 0 bridgehead atoms. The molecule has 6 heteroatoms. The largest absolute Gasteiger partial charge is 0.465 e. The van der Waals surface area contributed by atoms with Crippen molar-refractivity contribution in [2.75, 3.05) is 7.11 Å². The van der Waals surface area contributed by atoms with E-state index in [1.54, 1.807) is 30.1 Å². The van der Waals surface area contributed by atoms with E-state index in [1.165, 1.54) is 12.7 Å². The van der Waals surface area contributed by atoms with Crippen molar-refractivity contribution in [3.05, 3.63) is 82.7 Å². The molecule has 3 aromatic rings. The molecule has 2 aromatic carbocycles. The summed E-state index contributed by atoms with van der Waals surface area (Å²) in [5.41, 5.74) is 4.80. The van der Waals surface area contributed by atoms with Crippen LogP contribution in [0.25, 0.3) is 0 Å². The highest BCUT2D eigenvalue weighted by atomic mass is 32.2. The lowest BCUT2D eigenvalue weighted by Crippen LogP contribution is -2.06. The summed E-state index contributed by atoms with van der Waals surface area (Å²) in [6.45, 7) is 2.68. The van der Waals surface area contributed by atoms with Crippen LogP contribution in [-0.4, -0.2) is 27.7 Å². The van der Waals surface area contributed by atoms with Crippen LogP contribution in [0.2, 0.25) is 0 Å². The Morgan fingerprint density at radius 3 is 2.41 bits per heavy atom. The number of carbonyl (C=O) groups excluding carboxylic acids is 1. The number of carbonyl (C=O) groups is 1. The van der Waals surface area contributed by atoms with E-state index in [2.05, 4.69) is 36.2 Å². The quantitative estimate of drug-likeness (QED) is 0.497. The van der Waals surface area contributed by atoms with Gasteiger partial charge in [0.1, 0.15) is 0 Å². The van der Waals surface area contributed by atoms with Crippen LogP contribution < -0.4 is 0 Å². The molecular formula is C21H22N2O3S. The minimum absolute atomic E-state index is 0.0484. The maximum absolute atomic E-state index is 11.5. The third-order valence-electron chi connectivity index (χ3n) is 4.27. The van der Waals surface area contributed by atoms with Crippen molar-refractivity contribution in [3.63, 3.8) is 0 Å². The number of hydrogen-bond donors (Lipinski definition) is 1. The Morgan fingerprint density at radius 1 is 1.11 bits per heavy atom. The first-order chi connectivity index (χ1) is 13.1. The molecule has 0 aliphatic carbocycles. The molecule has 0 saturated carbocycles. The first-order valence-corrected chi connectivity index (χ1v) is 9.60. The molecule has 3 rings (SSSR count). The number of rotatable bonds is 7. The van der Waals surface area contributed by atoms with Crippen molar-refractivity contribution in [2.45, 2.75) is 31.0 Å². The highest BCUT2D eigenvalue weighted by Gasteiger charge is 2.11. The Kier molecular flexibility index (Phi) is 6.32. The standard InChI is InChI=1S/C21H22N2O3S/c1-15-3-5-16(6-4-15)12-23-19(13-24)11-22-21(23)27-14-17-7-9-18(10-8-17)20(25)26-2/h3-11,24H,12-14H2,1-2H3. The van der Waals surface area contributed by atoms with Gasteiger partial charge >= 0.3 is 5.97 Å². The average Bonchev–Trinajstić information content (AvgIpc) is 3.09. The van der Waals surface area contributed by atoms with Gasteiger partial charge in [-0.1, -0.05) is 53.7 Å². The summed E-state index contributed by atoms with van der Waals surface area (Å²) in [5.74, 6) is 0.382. The summed E-state index contributed by atoms with van der Waals surface area (Å²) in [6, 6.07) is 15.7. The van der Waals surface area contributed by atoms with Gasteiger partial charge in [-0.25, -0.2) is 9.78 Å². The fraction of sp³-hybridized carbons (Fsp3) is 0.238. The predicted octanol–water partition coefficient (Wildman–Crippen LogP) is 3.81. The number of thioether (sulfide) groups is 1. The van der Waals surface area contributed by atoms with Crippen molar-refractivity contribution >= 4 is 17.7 Å². The van der Waals surface area contributed by atoms with Gasteiger partial charge < -0.3 is 14.4 Å². The molecule has 0 amide bonds. The maximum atomic E-state index is 11.5. The molecule has 0 fully saturated rings. The van der Waals surface area contributed by atoms with Crippen LogP contribution in [0.3, 0.4) is 0 Å². The molecule has 0 spiro atoms. The van der Waals surface area contributed by atoms with E-state index in [1.807, 2.05) is 16.7 Å². The van der Waals surface area contributed by atoms with E-state index in [-0.39, 0.29) is 12.6 Å². The number of aliphatic hydroxyl groups is 1. The summed E-state index contributed by atoms with van der Waals surface area (Å²) < 4.78 is 6.76. The fourth-order valence-electron chi connectivity index (χ4n) is 2.68. The number of aromatic nitrogens is 2. The zero-order chi connectivity index (χ0) is 19.2. The summed E-state index contributed by atoms with van der Waals surface area (Å²) in [5, 5.41) is 10.5. The van der Waals surface area contributed by atoms with Crippen LogP contribution in [-0.2, 0) is 23.6 Å². The van der Waals surface area contributed by atoms with Gasteiger partial charge in [-0.2, -0.15) is 0 Å². The maximum Gasteiger partial charge on any atom is 0.337 e. The third kappa shape index (κ3) is 4.78. The van der Waals surface area contributed by atoms with E-state index in [0.29, 0.717) is 12.1 Å². The Hall–Kier alpha value is -2.57. The monoisotopic (exact) mass is 382 g/mol. The van der Waals surface area contributed by atoms with Crippen molar-refractivity contribution in [1.82, 2.24) is 9.55 Å². The number of aryl methyl sites for hydroxylation is 1. The Labute approximate surface area is 163 Å². The van der Waals surface area contributed by atoms with E-state index in [9.17, 15) is 9.90 Å². The zero-order valence-electron chi connectivity index (χ0n) is 15.4. The fourth-order valence-corrected chi connectivity index (χ4v) is 3.63. The van der Waals surface area contributed by atoms with Gasteiger partial charge in [0.15, 0.2) is 5.16 Å². The van der Waals surface area contributed by atoms with Crippen molar-refractivity contribution < 1.29 is 14.6 Å². The molecule has 1 heterocycles. The SMILES string of the molecule is COC(=O)c1ccc(CSc2ncc(CO)n2Cc2ccc(C)cc2)cc1. The van der Waals surface area contributed by atoms with E-state index >= 15 is 0 Å². The second kappa shape index (κ2) is 8.88. The normalized spacial score (nSPS) is 10.8. The summed E-state index contributed by atoms with van der Waals surface area (Å²) in [6.07, 6.45) is 1.72. The van der Waals surface area contributed by atoms with Crippen LogP contribution >= 0.6 is 11.8 Å². The minimum Gasteiger partial charge on any atom is -0.465 e. The lowest BCUT2D eigenvalue weighted by molar-refractivity contribution is 0.0600. The zero-order valence-corrected chi connectivity index (χ0v) is 16.2. The highest BCUT2D eigenvalue weighted by Crippen LogP contribution is 2.24. The summed E-state index contributed by atoms with van der Waals surface area (Å²) in [7, 11) is 1.37. The molecule has 1 N–H and O–H groups in total. The Bertz CT molecular complexity index is 902. The highest BCUT2D eigenvalue weighted by molar-refractivity contribution is 7.98. The number of methoxy groups -OCH3 is 1. The molecule has 0 aliphatic rings. The van der Waals surface area contributed by atoms with Gasteiger partial charge in [-0.3, -0.25) is 0 Å². The number of hydrogen-bond acceptors (Lipinski definition) is 5. The molecule has 0 saturated heterocycles. The molecule has 27 heavy (non-hydrogen) atoms. The van der Waals surface area contributed by atoms with Crippen molar-refractivity contribution in [2.24, 2.45) is 0 Å². The lowest BCUT2D eigenvalue weighted by atomic mass is 10.1. The second-order valence-corrected chi connectivity index (χ2v) is 7.18. The summed E-state index contributed by atoms with van der Waals surface area (Å²) in [4.78, 5) is 16.0. The Morgan fingerprint density at radius 2 is 1.78 bits per heavy atom. The third-order valence-corrected chi connectivity index (χ3v) is 5.33. The van der Waals surface area contributed by atoms with Gasteiger partial charge in [-0.05, 0) is 30.2 Å². The van der Waals surface area contributed by atoms with E-state index in [4.69, 9.17) is 4.74 Å². The molecule has 1 aromatic heterocycles. The van der Waals surface area contributed by atoms with Gasteiger partial charge in [0.25, 0.3) is 0 Å². The molecule has 0 atom stereocenters. The van der Waals surface area contributed by atoms with Crippen LogP contribution in [0.4, 0.5) is 0 Å². The van der Waals surface area contributed by atoms with E-state index in [0.717, 1.165) is 27.7 Å². The van der Waals surface area contributed by atoms with Crippen LogP contribution in [0.5, 0.6) is 0 Å². The molecular weight excluding hydrogens is 360 g/mol. The summed E-state index contributed by atoms with van der Waals surface area (Å²) >= 11 is 1.60. The van der Waals surface area contributed by atoms with Gasteiger partial charge in [0.2, 0.25) is 0 Å². The molecule has 0 radical (unpaired) electrons. The average molecular weight is 382 g/mol. The number of aliphatic hydroxyl groups excluding tert-OH is 1. The molecule has 140 valence electrons. The number of imidazole rings is 1. The molecule has 0 unspecified atom stereocenters. The number of esters is 1.